The summed E-state index contributed by atoms with van der Waals surface area (Å²) in [5.41, 5.74) is 1.16. The van der Waals surface area contributed by atoms with Crippen molar-refractivity contribution in [3.8, 4) is 23.0 Å². The fourth-order valence-corrected chi connectivity index (χ4v) is 7.30. The van der Waals surface area contributed by atoms with Crippen LogP contribution in [0.25, 0.3) is 0 Å². The highest BCUT2D eigenvalue weighted by Gasteiger charge is 2.52. The number of carbonyl (C=O) groups excluding carboxylic acids is 2. The molecule has 0 aromatic heterocycles. The zero-order chi connectivity index (χ0) is 28.0. The van der Waals surface area contributed by atoms with Crippen LogP contribution in [-0.4, -0.2) is 32.6 Å². The average molecular weight is 768 g/mol. The van der Waals surface area contributed by atoms with E-state index in [1.165, 1.54) is 0 Å². The second-order valence-corrected chi connectivity index (χ2v) is 15.4. The number of esters is 2. The monoisotopic (exact) mass is 764 g/mol. The third-order valence-corrected chi connectivity index (χ3v) is 8.10. The van der Waals surface area contributed by atoms with Crippen molar-refractivity contribution in [3.05, 3.63) is 71.8 Å². The van der Waals surface area contributed by atoms with Crippen molar-refractivity contribution in [1.29, 1.82) is 0 Å². The standard InChI is InChI=1S/C27H28Br4O6/c1-7-34-22-13-18(36-24(32)16(3)4)9-11-20(22)26(15-28,27(29,30)31)21-12-10-19(14-23(21)35-8-2)37-25(33)17(5)6/h9-14H,3,5,7-8,15H2,1-2,4,6H3. The molecule has 0 N–H and O–H groups in total. The van der Waals surface area contributed by atoms with Gasteiger partial charge in [0.2, 0.25) is 0 Å². The second-order valence-electron chi connectivity index (χ2n) is 8.06. The van der Waals surface area contributed by atoms with Gasteiger partial charge in [0.25, 0.3) is 0 Å². The van der Waals surface area contributed by atoms with Crippen molar-refractivity contribution >= 4 is 75.7 Å². The van der Waals surface area contributed by atoms with Gasteiger partial charge >= 0.3 is 11.9 Å². The van der Waals surface area contributed by atoms with E-state index in [9.17, 15) is 9.59 Å². The minimum Gasteiger partial charge on any atom is -0.493 e. The first-order chi connectivity index (χ1) is 17.3. The topological polar surface area (TPSA) is 71.1 Å². The number of benzene rings is 2. The first-order valence-corrected chi connectivity index (χ1v) is 14.7. The molecule has 0 unspecified atom stereocenters. The molecule has 2 aromatic rings. The third kappa shape index (κ3) is 7.28. The molecule has 0 saturated heterocycles. The van der Waals surface area contributed by atoms with Crippen molar-refractivity contribution < 1.29 is 28.5 Å². The van der Waals surface area contributed by atoms with Gasteiger partial charge in [-0.05, 0) is 39.8 Å². The Kier molecular flexibility index (Phi) is 11.5. The van der Waals surface area contributed by atoms with Crippen LogP contribution in [-0.2, 0) is 15.0 Å². The van der Waals surface area contributed by atoms with Gasteiger partial charge in [-0.3, -0.25) is 0 Å². The summed E-state index contributed by atoms with van der Waals surface area (Å²) in [6.45, 7) is 14.9. The minimum absolute atomic E-state index is 0.283. The minimum atomic E-state index is -0.910. The Balaban J connectivity index is 2.81. The number of hydrogen-bond donors (Lipinski definition) is 0. The van der Waals surface area contributed by atoms with Crippen LogP contribution in [0.15, 0.2) is 60.7 Å². The summed E-state index contributed by atoms with van der Waals surface area (Å²) in [6.07, 6.45) is 0. The van der Waals surface area contributed by atoms with Gasteiger partial charge in [0.05, 0.1) is 18.6 Å². The molecule has 0 saturated carbocycles. The lowest BCUT2D eigenvalue weighted by Gasteiger charge is -2.42. The van der Waals surface area contributed by atoms with Crippen LogP contribution in [0.2, 0.25) is 0 Å². The van der Waals surface area contributed by atoms with Gasteiger partial charge in [-0.25, -0.2) is 9.59 Å². The van der Waals surface area contributed by atoms with E-state index >= 15 is 0 Å². The van der Waals surface area contributed by atoms with Gasteiger partial charge < -0.3 is 18.9 Å². The van der Waals surface area contributed by atoms with Crippen LogP contribution in [0.5, 0.6) is 23.0 Å². The smallest absolute Gasteiger partial charge is 0.338 e. The zero-order valence-electron chi connectivity index (χ0n) is 21.0. The highest BCUT2D eigenvalue weighted by molar-refractivity contribution is 9.39. The Morgan fingerprint density at radius 1 is 0.784 bits per heavy atom. The molecule has 0 amide bonds. The van der Waals surface area contributed by atoms with E-state index in [4.69, 9.17) is 18.9 Å². The van der Waals surface area contributed by atoms with E-state index in [0.29, 0.717) is 41.5 Å². The van der Waals surface area contributed by atoms with Gasteiger partial charge in [0.15, 0.2) is 0 Å². The summed E-state index contributed by atoms with van der Waals surface area (Å²) in [6, 6.07) is 10.4. The van der Waals surface area contributed by atoms with E-state index in [2.05, 4.69) is 76.9 Å². The van der Waals surface area contributed by atoms with Crippen LogP contribution in [0.4, 0.5) is 0 Å². The highest BCUT2D eigenvalue weighted by Crippen LogP contribution is 2.59. The Hall–Kier alpha value is -1.62. The lowest BCUT2D eigenvalue weighted by molar-refractivity contribution is -0.130. The SMILES string of the molecule is C=C(C)C(=O)Oc1ccc(C(CBr)(c2ccc(OC(=O)C(=C)C)cc2OCC)C(Br)(Br)Br)c(OCC)c1. The first-order valence-electron chi connectivity index (χ1n) is 11.2. The molecule has 200 valence electrons. The maximum absolute atomic E-state index is 12.1. The van der Waals surface area contributed by atoms with Gasteiger partial charge in [0.1, 0.15) is 25.1 Å². The molecule has 0 radical (unpaired) electrons. The van der Waals surface area contributed by atoms with E-state index < -0.39 is 19.5 Å². The molecular formula is C27H28Br4O6. The van der Waals surface area contributed by atoms with Crippen molar-refractivity contribution in [1.82, 2.24) is 0 Å². The van der Waals surface area contributed by atoms with Gasteiger partial charge in [-0.15, -0.1) is 0 Å². The number of rotatable bonds is 11. The Bertz CT molecular complexity index is 1100. The molecule has 37 heavy (non-hydrogen) atoms. The fraction of sp³-hybridized carbons (Fsp3) is 0.333. The summed E-state index contributed by atoms with van der Waals surface area (Å²) >= 11 is 15.0. The molecule has 0 aliphatic rings. The number of ether oxygens (including phenoxy) is 4. The van der Waals surface area contributed by atoms with Gasteiger partial charge in [-0.2, -0.15) is 0 Å². The Labute approximate surface area is 251 Å². The molecule has 10 heteroatoms. The lowest BCUT2D eigenvalue weighted by atomic mass is 9.76. The maximum Gasteiger partial charge on any atom is 0.338 e. The molecule has 0 bridgehead atoms. The van der Waals surface area contributed by atoms with Crippen LogP contribution < -0.4 is 18.9 Å². The van der Waals surface area contributed by atoms with Gasteiger partial charge in [-0.1, -0.05) is 89.0 Å². The summed E-state index contributed by atoms with van der Waals surface area (Å²) in [7, 11) is 0. The maximum atomic E-state index is 12.1. The van der Waals surface area contributed by atoms with Crippen molar-refractivity contribution in [2.75, 3.05) is 18.5 Å². The summed E-state index contributed by atoms with van der Waals surface area (Å²) in [4.78, 5) is 24.2. The van der Waals surface area contributed by atoms with Crippen LogP contribution in [0.1, 0.15) is 38.8 Å². The number of halogens is 4. The van der Waals surface area contributed by atoms with E-state index in [1.54, 1.807) is 38.1 Å². The predicted octanol–water partition coefficient (Wildman–Crippen LogP) is 7.97. The zero-order valence-corrected chi connectivity index (χ0v) is 27.3. The molecule has 0 heterocycles. The molecule has 2 rings (SSSR count). The first kappa shape index (κ1) is 31.6. The second kappa shape index (κ2) is 13.4. The molecule has 0 atom stereocenters. The number of alkyl halides is 4. The largest absolute Gasteiger partial charge is 0.493 e. The van der Waals surface area contributed by atoms with E-state index in [1.807, 2.05) is 26.0 Å². The van der Waals surface area contributed by atoms with Crippen LogP contribution >= 0.6 is 63.7 Å². The quantitative estimate of drug-likeness (QED) is 0.100. The number of carbonyl (C=O) groups is 2. The molecule has 2 aromatic carbocycles. The lowest BCUT2D eigenvalue weighted by Crippen LogP contribution is -2.42. The van der Waals surface area contributed by atoms with Crippen LogP contribution in [0.3, 0.4) is 0 Å². The highest BCUT2D eigenvalue weighted by atomic mass is 80.0. The summed E-state index contributed by atoms with van der Waals surface area (Å²) < 4.78 is 22.0. The molecule has 0 fully saturated rings. The number of hydrogen-bond acceptors (Lipinski definition) is 6. The predicted molar refractivity (Wildman–Crippen MR) is 160 cm³/mol. The normalized spacial score (nSPS) is 11.5. The summed E-state index contributed by atoms with van der Waals surface area (Å²) in [5, 5.41) is 0.387. The molecule has 6 nitrogen and oxygen atoms in total. The fourth-order valence-electron chi connectivity index (χ4n) is 3.45. The van der Waals surface area contributed by atoms with Crippen molar-refractivity contribution in [3.63, 3.8) is 0 Å². The molecule has 0 aliphatic carbocycles. The van der Waals surface area contributed by atoms with Crippen molar-refractivity contribution in [2.45, 2.75) is 35.3 Å². The third-order valence-electron chi connectivity index (χ3n) is 5.23. The molecule has 0 aliphatic heterocycles. The molecular weight excluding hydrogens is 740 g/mol. The Morgan fingerprint density at radius 3 is 1.43 bits per heavy atom. The molecule has 0 spiro atoms. The van der Waals surface area contributed by atoms with E-state index in [-0.39, 0.29) is 11.1 Å². The van der Waals surface area contributed by atoms with Gasteiger partial charge in [0, 0.05) is 39.7 Å². The Morgan fingerprint density at radius 2 is 1.16 bits per heavy atom. The summed E-state index contributed by atoms with van der Waals surface area (Å²) in [5.74, 6) is 0.571. The average Bonchev–Trinajstić information content (AvgIpc) is 2.81. The van der Waals surface area contributed by atoms with Crippen LogP contribution in [0, 0.1) is 0 Å². The van der Waals surface area contributed by atoms with Crippen molar-refractivity contribution in [2.24, 2.45) is 0 Å². The van der Waals surface area contributed by atoms with E-state index in [0.717, 1.165) is 11.1 Å².